The van der Waals surface area contributed by atoms with Crippen LogP contribution in [0.3, 0.4) is 0 Å². The molecular weight excluding hydrogens is 406 g/mol. The Morgan fingerprint density at radius 3 is 2.44 bits per heavy atom. The van der Waals surface area contributed by atoms with E-state index in [-0.39, 0.29) is 18.4 Å². The fourth-order valence-electron chi connectivity index (χ4n) is 1.39. The van der Waals surface area contributed by atoms with E-state index in [0.717, 1.165) is 10.0 Å². The molecule has 0 aliphatic heterocycles. The third-order valence-electron chi connectivity index (χ3n) is 2.23. The van der Waals surface area contributed by atoms with E-state index in [9.17, 15) is 5.11 Å². The van der Waals surface area contributed by atoms with Gasteiger partial charge in [0.25, 0.3) is 0 Å². The second-order valence-corrected chi connectivity index (χ2v) is 5.89. The molecule has 3 nitrogen and oxygen atoms in total. The Morgan fingerprint density at radius 1 is 1.25 bits per heavy atom. The van der Waals surface area contributed by atoms with Gasteiger partial charge in [-0.2, -0.15) is 0 Å². The summed E-state index contributed by atoms with van der Waals surface area (Å²) in [4.78, 5) is 0. The van der Waals surface area contributed by atoms with Gasteiger partial charge in [0.15, 0.2) is 0 Å². The van der Waals surface area contributed by atoms with Crippen LogP contribution in [0.5, 0.6) is 5.75 Å². The number of hydrogen-bond acceptors (Lipinski definition) is 3. The van der Waals surface area contributed by atoms with Gasteiger partial charge in [0.2, 0.25) is 0 Å². The van der Waals surface area contributed by atoms with Crippen molar-refractivity contribution in [2.24, 2.45) is 5.73 Å². The van der Waals surface area contributed by atoms with Crippen LogP contribution in [0, 0.1) is 0 Å². The summed E-state index contributed by atoms with van der Waals surface area (Å²) in [6, 6.07) is 1.53. The molecule has 6 heteroatoms. The zero-order valence-electron chi connectivity index (χ0n) is 8.38. The van der Waals surface area contributed by atoms with Crippen LogP contribution in [0.2, 0.25) is 0 Å². The van der Waals surface area contributed by atoms with E-state index >= 15 is 0 Å². The molecule has 4 N–H and O–H groups in total. The van der Waals surface area contributed by atoms with E-state index in [1.807, 2.05) is 0 Å². The first kappa shape index (κ1) is 14.4. The average Bonchev–Trinajstić information content (AvgIpc) is 2.23. The summed E-state index contributed by atoms with van der Waals surface area (Å²) in [5.74, 6) is 0.137. The number of phenols is 1. The molecule has 0 heterocycles. The second kappa shape index (κ2) is 6.35. The molecule has 0 fully saturated rings. The monoisotopic (exact) mass is 415 g/mol. The van der Waals surface area contributed by atoms with E-state index in [0.29, 0.717) is 21.8 Å². The number of rotatable bonds is 4. The maximum atomic E-state index is 9.77. The Hall–Kier alpha value is 0.380. The van der Waals surface area contributed by atoms with Crippen molar-refractivity contribution in [3.63, 3.8) is 0 Å². The highest BCUT2D eigenvalue weighted by Crippen LogP contribution is 2.42. The standard InChI is InChI=1S/C10H12Br3NO2/c11-5-4-6(12)10(16)9(13)8(5)7(14)2-1-3-15/h4,7,15-16H,1-3,14H2/t7-/m0/s1. The molecule has 1 atom stereocenters. The van der Waals surface area contributed by atoms with Crippen LogP contribution < -0.4 is 5.73 Å². The van der Waals surface area contributed by atoms with Gasteiger partial charge in [-0.3, -0.25) is 0 Å². The lowest BCUT2D eigenvalue weighted by Gasteiger charge is -2.17. The van der Waals surface area contributed by atoms with Crippen molar-refractivity contribution in [1.82, 2.24) is 0 Å². The summed E-state index contributed by atoms with van der Waals surface area (Å²) in [5.41, 5.74) is 6.82. The summed E-state index contributed by atoms with van der Waals surface area (Å²) in [5, 5.41) is 18.5. The number of aliphatic hydroxyl groups is 1. The van der Waals surface area contributed by atoms with Gasteiger partial charge in [0, 0.05) is 22.7 Å². The van der Waals surface area contributed by atoms with Gasteiger partial charge in [-0.15, -0.1) is 0 Å². The number of aromatic hydroxyl groups is 1. The molecule has 1 aromatic rings. The molecular formula is C10H12Br3NO2. The van der Waals surface area contributed by atoms with Gasteiger partial charge in [-0.25, -0.2) is 0 Å². The van der Waals surface area contributed by atoms with Crippen LogP contribution in [0.4, 0.5) is 0 Å². The third kappa shape index (κ3) is 3.20. The average molecular weight is 418 g/mol. The first-order valence-electron chi connectivity index (χ1n) is 4.71. The third-order valence-corrected chi connectivity index (χ3v) is 4.29. The van der Waals surface area contributed by atoms with E-state index in [1.165, 1.54) is 0 Å². The van der Waals surface area contributed by atoms with E-state index < -0.39 is 0 Å². The van der Waals surface area contributed by atoms with Crippen LogP contribution in [-0.2, 0) is 0 Å². The number of benzene rings is 1. The van der Waals surface area contributed by atoms with Crippen LogP contribution in [-0.4, -0.2) is 16.8 Å². The quantitative estimate of drug-likeness (QED) is 0.703. The SMILES string of the molecule is N[C@@H](CCCO)c1c(Br)cc(Br)c(O)c1Br. The molecule has 0 aliphatic carbocycles. The molecule has 0 saturated heterocycles. The molecule has 1 aromatic carbocycles. The molecule has 0 saturated carbocycles. The van der Waals surface area contributed by atoms with Gasteiger partial charge in [-0.05, 0) is 50.8 Å². The molecule has 0 bridgehead atoms. The van der Waals surface area contributed by atoms with E-state index in [1.54, 1.807) is 6.07 Å². The predicted molar refractivity (Wildman–Crippen MR) is 74.5 cm³/mol. The molecule has 0 amide bonds. The summed E-state index contributed by atoms with van der Waals surface area (Å²) in [6.45, 7) is 0.117. The highest BCUT2D eigenvalue weighted by molar-refractivity contribution is 9.11. The largest absolute Gasteiger partial charge is 0.506 e. The zero-order chi connectivity index (χ0) is 12.3. The highest BCUT2D eigenvalue weighted by atomic mass is 79.9. The molecule has 90 valence electrons. The van der Waals surface area contributed by atoms with Crippen molar-refractivity contribution in [2.75, 3.05) is 6.61 Å². The maximum absolute atomic E-state index is 9.77. The fourth-order valence-corrected chi connectivity index (χ4v) is 4.10. The molecule has 0 spiro atoms. The minimum absolute atomic E-state index is 0.117. The Morgan fingerprint density at radius 2 is 1.88 bits per heavy atom. The normalized spacial score (nSPS) is 12.8. The molecule has 16 heavy (non-hydrogen) atoms. The van der Waals surface area contributed by atoms with E-state index in [2.05, 4.69) is 47.8 Å². The van der Waals surface area contributed by atoms with Gasteiger partial charge in [-0.1, -0.05) is 15.9 Å². The number of phenolic OH excluding ortho intramolecular Hbond substituents is 1. The van der Waals surface area contributed by atoms with Crippen LogP contribution in [0.15, 0.2) is 19.5 Å². The molecule has 1 rings (SSSR count). The minimum Gasteiger partial charge on any atom is -0.506 e. The second-order valence-electron chi connectivity index (χ2n) is 3.39. The van der Waals surface area contributed by atoms with Crippen LogP contribution >= 0.6 is 47.8 Å². The highest BCUT2D eigenvalue weighted by Gasteiger charge is 2.18. The minimum atomic E-state index is -0.227. The van der Waals surface area contributed by atoms with Crippen molar-refractivity contribution in [3.8, 4) is 5.75 Å². The predicted octanol–water partition coefficient (Wildman–Crippen LogP) is 3.45. The summed E-state index contributed by atoms with van der Waals surface area (Å²) < 4.78 is 2.01. The van der Waals surface area contributed by atoms with Crippen molar-refractivity contribution in [1.29, 1.82) is 0 Å². The van der Waals surface area contributed by atoms with Gasteiger partial charge in [0.05, 0.1) is 8.95 Å². The lowest BCUT2D eigenvalue weighted by atomic mass is 10.0. The fraction of sp³-hybridized carbons (Fsp3) is 0.400. The Labute approximate surface area is 119 Å². The smallest absolute Gasteiger partial charge is 0.144 e. The van der Waals surface area contributed by atoms with Crippen molar-refractivity contribution < 1.29 is 10.2 Å². The maximum Gasteiger partial charge on any atom is 0.144 e. The number of halogens is 3. The van der Waals surface area contributed by atoms with Crippen molar-refractivity contribution in [2.45, 2.75) is 18.9 Å². The lowest BCUT2D eigenvalue weighted by molar-refractivity contribution is 0.279. The zero-order valence-corrected chi connectivity index (χ0v) is 13.1. The van der Waals surface area contributed by atoms with Crippen molar-refractivity contribution >= 4 is 47.8 Å². The topological polar surface area (TPSA) is 66.5 Å². The van der Waals surface area contributed by atoms with Crippen molar-refractivity contribution in [3.05, 3.63) is 25.0 Å². The Kier molecular flexibility index (Phi) is 5.73. The van der Waals surface area contributed by atoms with E-state index in [4.69, 9.17) is 10.8 Å². The summed E-state index contributed by atoms with van der Waals surface area (Å²) in [7, 11) is 0. The molecule has 0 aliphatic rings. The van der Waals surface area contributed by atoms with Gasteiger partial charge in [0.1, 0.15) is 5.75 Å². The summed E-state index contributed by atoms with van der Waals surface area (Å²) >= 11 is 9.97. The van der Waals surface area contributed by atoms with Crippen LogP contribution in [0.25, 0.3) is 0 Å². The lowest BCUT2D eigenvalue weighted by Crippen LogP contribution is -2.12. The number of hydrogen-bond donors (Lipinski definition) is 3. The van der Waals surface area contributed by atoms with Crippen LogP contribution in [0.1, 0.15) is 24.4 Å². The summed E-state index contributed by atoms with van der Waals surface area (Å²) in [6.07, 6.45) is 1.30. The van der Waals surface area contributed by atoms with Gasteiger partial charge < -0.3 is 15.9 Å². The van der Waals surface area contributed by atoms with Gasteiger partial charge >= 0.3 is 0 Å². The number of nitrogens with two attached hydrogens (primary N) is 1. The first-order valence-corrected chi connectivity index (χ1v) is 7.09. The molecule has 0 aromatic heterocycles. The molecule has 0 radical (unpaired) electrons. The Balaban J connectivity index is 3.08. The number of aliphatic hydroxyl groups excluding tert-OH is 1. The first-order chi connectivity index (χ1) is 7.49. The Bertz CT molecular complexity index is 385. The molecule has 0 unspecified atom stereocenters.